The Labute approximate surface area is 136 Å². The Morgan fingerprint density at radius 2 is 1.65 bits per heavy atom. The molecule has 0 bridgehead atoms. The maximum atomic E-state index is 12.1. The van der Waals surface area contributed by atoms with Crippen molar-refractivity contribution in [3.05, 3.63) is 35.4 Å². The van der Waals surface area contributed by atoms with Crippen molar-refractivity contribution in [1.82, 2.24) is 0 Å². The van der Waals surface area contributed by atoms with Crippen LogP contribution in [0.25, 0.3) is 0 Å². The molecule has 3 N–H and O–H groups in total. The minimum absolute atomic E-state index is 0.180. The summed E-state index contributed by atoms with van der Waals surface area (Å²) in [6.07, 6.45) is 3.47. The Morgan fingerprint density at radius 1 is 1.13 bits per heavy atom. The van der Waals surface area contributed by atoms with E-state index in [9.17, 15) is 19.1 Å². The molecule has 2 atom stereocenters. The fraction of sp³-hybridized carbons (Fsp3) is 0.556. The Morgan fingerprint density at radius 3 is 2.09 bits per heavy atom. The number of hydrogen-bond acceptors (Lipinski definition) is 3. The van der Waals surface area contributed by atoms with Gasteiger partial charge in [0.15, 0.2) is 0 Å². The van der Waals surface area contributed by atoms with Crippen molar-refractivity contribution in [1.29, 1.82) is 0 Å². The summed E-state index contributed by atoms with van der Waals surface area (Å²) in [6, 6.07) is 7.29. The number of hydrogen-bond donors (Lipinski definition) is 2. The standard InChI is InChI=1S/C18H26FNO3/c1-13(21)17(20)12-16(18(22)23)6-2-4-14-7-9-15(10-8-14)5-3-11-19/h7-10,16-17H,2-6,11-12,20H2,1H3,(H,22,23)/t16-,17-/m0/s1. The van der Waals surface area contributed by atoms with Gasteiger partial charge in [-0.15, -0.1) is 0 Å². The van der Waals surface area contributed by atoms with Gasteiger partial charge in [-0.1, -0.05) is 24.3 Å². The van der Waals surface area contributed by atoms with E-state index in [1.165, 1.54) is 6.92 Å². The summed E-state index contributed by atoms with van der Waals surface area (Å²) >= 11 is 0. The molecule has 0 amide bonds. The first-order chi connectivity index (χ1) is 10.9. The number of Topliss-reactive ketones (excluding diaryl/α,β-unsaturated/α-hetero) is 1. The van der Waals surface area contributed by atoms with E-state index in [1.807, 2.05) is 24.3 Å². The molecule has 0 heterocycles. The van der Waals surface area contributed by atoms with Gasteiger partial charge in [-0.25, -0.2) is 0 Å². The molecule has 128 valence electrons. The molecule has 23 heavy (non-hydrogen) atoms. The van der Waals surface area contributed by atoms with Gasteiger partial charge in [-0.05, 0) is 56.6 Å². The molecule has 1 aromatic rings. The molecule has 0 unspecified atom stereocenters. The normalized spacial score (nSPS) is 13.5. The number of halogens is 1. The number of carbonyl (C=O) groups is 2. The highest BCUT2D eigenvalue weighted by Crippen LogP contribution is 2.17. The molecule has 0 saturated carbocycles. The largest absolute Gasteiger partial charge is 0.481 e. The first-order valence-electron chi connectivity index (χ1n) is 8.06. The number of ketones is 1. The lowest BCUT2D eigenvalue weighted by molar-refractivity contribution is -0.142. The Balaban J connectivity index is 2.43. The minimum atomic E-state index is -0.900. The van der Waals surface area contributed by atoms with Crippen LogP contribution < -0.4 is 5.73 Å². The van der Waals surface area contributed by atoms with Crippen LogP contribution in [0.3, 0.4) is 0 Å². The summed E-state index contributed by atoms with van der Waals surface area (Å²) in [7, 11) is 0. The number of alkyl halides is 1. The van der Waals surface area contributed by atoms with E-state index in [1.54, 1.807) is 0 Å². The smallest absolute Gasteiger partial charge is 0.306 e. The van der Waals surface area contributed by atoms with Gasteiger partial charge in [0.25, 0.3) is 0 Å². The van der Waals surface area contributed by atoms with Gasteiger partial charge >= 0.3 is 5.97 Å². The number of nitrogens with two attached hydrogens (primary N) is 1. The predicted molar refractivity (Wildman–Crippen MR) is 88.1 cm³/mol. The minimum Gasteiger partial charge on any atom is -0.481 e. The van der Waals surface area contributed by atoms with Crippen molar-refractivity contribution in [2.45, 2.75) is 51.5 Å². The van der Waals surface area contributed by atoms with Crippen molar-refractivity contribution in [3.8, 4) is 0 Å². The second kappa shape index (κ2) is 10.1. The van der Waals surface area contributed by atoms with E-state index in [2.05, 4.69) is 0 Å². The highest BCUT2D eigenvalue weighted by Gasteiger charge is 2.22. The molecular formula is C18H26FNO3. The monoisotopic (exact) mass is 323 g/mol. The van der Waals surface area contributed by atoms with Gasteiger partial charge in [0.2, 0.25) is 0 Å². The van der Waals surface area contributed by atoms with Crippen molar-refractivity contribution < 1.29 is 19.1 Å². The number of rotatable bonds is 11. The molecule has 1 aromatic carbocycles. The zero-order valence-corrected chi connectivity index (χ0v) is 13.6. The topological polar surface area (TPSA) is 80.4 Å². The van der Waals surface area contributed by atoms with E-state index >= 15 is 0 Å². The van der Waals surface area contributed by atoms with E-state index < -0.39 is 17.9 Å². The van der Waals surface area contributed by atoms with E-state index in [-0.39, 0.29) is 18.9 Å². The third-order valence-electron chi connectivity index (χ3n) is 4.05. The van der Waals surface area contributed by atoms with Crippen LogP contribution >= 0.6 is 0 Å². The number of aryl methyl sites for hydroxylation is 2. The maximum Gasteiger partial charge on any atom is 0.306 e. The molecule has 0 fully saturated rings. The fourth-order valence-corrected chi connectivity index (χ4v) is 2.51. The van der Waals surface area contributed by atoms with Crippen molar-refractivity contribution in [3.63, 3.8) is 0 Å². The molecule has 0 aliphatic rings. The number of carboxylic acid groups (broad SMARTS) is 1. The third-order valence-corrected chi connectivity index (χ3v) is 4.05. The quantitative estimate of drug-likeness (QED) is 0.656. The Kier molecular flexibility index (Phi) is 8.48. The van der Waals surface area contributed by atoms with E-state index in [0.29, 0.717) is 12.8 Å². The van der Waals surface area contributed by atoms with Gasteiger partial charge in [-0.3, -0.25) is 14.0 Å². The molecule has 0 aliphatic heterocycles. The number of carboxylic acids is 1. The molecule has 0 spiro atoms. The third kappa shape index (κ3) is 7.37. The second-order valence-corrected chi connectivity index (χ2v) is 5.99. The summed E-state index contributed by atoms with van der Waals surface area (Å²) in [5, 5.41) is 9.22. The zero-order chi connectivity index (χ0) is 17.2. The van der Waals surface area contributed by atoms with Crippen LogP contribution in [0, 0.1) is 5.92 Å². The summed E-state index contributed by atoms with van der Waals surface area (Å²) in [5.74, 6) is -1.67. The number of carbonyl (C=O) groups excluding carboxylic acids is 1. The second-order valence-electron chi connectivity index (χ2n) is 5.99. The molecule has 0 saturated heterocycles. The summed E-state index contributed by atoms with van der Waals surface area (Å²) in [5.41, 5.74) is 7.90. The number of benzene rings is 1. The van der Waals surface area contributed by atoms with Crippen LogP contribution in [0.2, 0.25) is 0 Å². The van der Waals surface area contributed by atoms with Gasteiger partial charge < -0.3 is 10.8 Å². The molecule has 0 aliphatic carbocycles. The maximum absolute atomic E-state index is 12.1. The average molecular weight is 323 g/mol. The molecular weight excluding hydrogens is 297 g/mol. The van der Waals surface area contributed by atoms with Gasteiger partial charge in [-0.2, -0.15) is 0 Å². The van der Waals surface area contributed by atoms with Crippen LogP contribution in [-0.4, -0.2) is 29.6 Å². The molecule has 4 nitrogen and oxygen atoms in total. The summed E-state index contributed by atoms with van der Waals surface area (Å²) in [4.78, 5) is 22.4. The first-order valence-corrected chi connectivity index (χ1v) is 8.06. The molecule has 1 rings (SSSR count). The molecule has 5 heteroatoms. The highest BCUT2D eigenvalue weighted by molar-refractivity contribution is 5.82. The van der Waals surface area contributed by atoms with E-state index in [0.717, 1.165) is 30.4 Å². The predicted octanol–water partition coefficient (Wildman–Crippen LogP) is 2.92. The zero-order valence-electron chi connectivity index (χ0n) is 13.6. The lowest BCUT2D eigenvalue weighted by Gasteiger charge is -2.15. The van der Waals surface area contributed by atoms with Crippen LogP contribution in [-0.2, 0) is 22.4 Å². The van der Waals surface area contributed by atoms with E-state index in [4.69, 9.17) is 5.73 Å². The van der Waals surface area contributed by atoms with Crippen LogP contribution in [0.5, 0.6) is 0 Å². The summed E-state index contributed by atoms with van der Waals surface area (Å²) < 4.78 is 12.1. The van der Waals surface area contributed by atoms with Crippen molar-refractivity contribution in [2.75, 3.05) is 6.67 Å². The van der Waals surface area contributed by atoms with Crippen LogP contribution in [0.4, 0.5) is 4.39 Å². The summed E-state index contributed by atoms with van der Waals surface area (Å²) in [6.45, 7) is 1.08. The van der Waals surface area contributed by atoms with Crippen molar-refractivity contribution in [2.24, 2.45) is 11.7 Å². The van der Waals surface area contributed by atoms with Gasteiger partial charge in [0.05, 0.1) is 18.6 Å². The van der Waals surface area contributed by atoms with Crippen molar-refractivity contribution >= 4 is 11.8 Å². The Bertz CT molecular complexity index is 501. The first kappa shape index (κ1) is 19.3. The SMILES string of the molecule is CC(=O)[C@@H](N)C[C@H](CCCc1ccc(CCCF)cc1)C(=O)O. The van der Waals surface area contributed by atoms with Gasteiger partial charge in [0, 0.05) is 0 Å². The lowest BCUT2D eigenvalue weighted by Crippen LogP contribution is -2.33. The molecule has 0 radical (unpaired) electrons. The average Bonchev–Trinajstić information content (AvgIpc) is 2.52. The highest BCUT2D eigenvalue weighted by atomic mass is 19.1. The number of aliphatic carboxylic acids is 1. The molecule has 0 aromatic heterocycles. The fourth-order valence-electron chi connectivity index (χ4n) is 2.51. The van der Waals surface area contributed by atoms with Crippen LogP contribution in [0.15, 0.2) is 24.3 Å². The lowest BCUT2D eigenvalue weighted by atomic mass is 9.92. The Hall–Kier alpha value is -1.75. The van der Waals surface area contributed by atoms with Crippen LogP contribution in [0.1, 0.15) is 43.7 Å². The van der Waals surface area contributed by atoms with Gasteiger partial charge in [0.1, 0.15) is 5.78 Å².